The van der Waals surface area contributed by atoms with E-state index in [1.807, 2.05) is 0 Å². The minimum Gasteiger partial charge on any atom is -0.317 e. The summed E-state index contributed by atoms with van der Waals surface area (Å²) in [5.41, 5.74) is 3.56. The van der Waals surface area contributed by atoms with E-state index in [1.165, 1.54) is 0 Å². The van der Waals surface area contributed by atoms with Crippen LogP contribution in [0, 0.1) is 5.92 Å². The third-order valence-electron chi connectivity index (χ3n) is 2.06. The van der Waals surface area contributed by atoms with Crippen molar-refractivity contribution in [2.45, 2.75) is 18.4 Å². The van der Waals surface area contributed by atoms with Crippen LogP contribution in [0.1, 0.15) is 6.42 Å². The molecule has 1 amide bonds. The summed E-state index contributed by atoms with van der Waals surface area (Å²) in [6, 6.07) is 0. The number of carbonyl (C=O) groups excluding carboxylic acids is 1. The molecule has 1 aliphatic rings. The smallest absolute Gasteiger partial charge is 0.254 e. The molecule has 0 bridgehead atoms. The van der Waals surface area contributed by atoms with Crippen molar-refractivity contribution in [2.24, 2.45) is 11.7 Å². The average Bonchev–Trinajstić information content (AvgIpc) is 2.60. The fraction of sp³-hybridized carbons (Fsp3) is 0.833. The van der Waals surface area contributed by atoms with Gasteiger partial charge in [0.25, 0.3) is 5.91 Å². The molecule has 0 aliphatic heterocycles. The maximum Gasteiger partial charge on any atom is 0.254 e. The van der Waals surface area contributed by atoms with Crippen molar-refractivity contribution in [3.8, 4) is 0 Å². The van der Waals surface area contributed by atoms with Crippen LogP contribution in [0.3, 0.4) is 0 Å². The lowest BCUT2D eigenvalue weighted by molar-refractivity contribution is -0.122. The van der Waals surface area contributed by atoms with Gasteiger partial charge in [-0.3, -0.25) is 9.52 Å². The molecular formula is C6H10F2N2O3S. The molecule has 14 heavy (non-hydrogen) atoms. The van der Waals surface area contributed by atoms with E-state index in [-0.39, 0.29) is 6.42 Å². The van der Waals surface area contributed by atoms with Gasteiger partial charge in [0.15, 0.2) is 0 Å². The zero-order valence-corrected chi connectivity index (χ0v) is 8.14. The normalized spacial score (nSPS) is 31.6. The van der Waals surface area contributed by atoms with Crippen molar-refractivity contribution < 1.29 is 22.0 Å². The summed E-state index contributed by atoms with van der Waals surface area (Å²) in [5, 5.41) is 0. The van der Waals surface area contributed by atoms with Gasteiger partial charge in [-0.05, 0) is 6.42 Å². The van der Waals surface area contributed by atoms with Crippen molar-refractivity contribution in [1.29, 1.82) is 0 Å². The Kier molecular flexibility index (Phi) is 2.53. The van der Waals surface area contributed by atoms with Gasteiger partial charge in [0.2, 0.25) is 16.4 Å². The van der Waals surface area contributed by atoms with Gasteiger partial charge in [-0.2, -0.15) is 0 Å². The van der Waals surface area contributed by atoms with Gasteiger partial charge >= 0.3 is 0 Å². The first kappa shape index (κ1) is 11.3. The number of hydrogen-bond acceptors (Lipinski definition) is 4. The van der Waals surface area contributed by atoms with Crippen LogP contribution < -0.4 is 10.5 Å². The van der Waals surface area contributed by atoms with E-state index in [2.05, 4.69) is 0 Å². The number of nitrogens with one attached hydrogen (secondary N) is 1. The van der Waals surface area contributed by atoms with E-state index in [9.17, 15) is 22.0 Å². The first-order valence-electron chi connectivity index (χ1n) is 3.76. The number of sulfonamides is 1. The average molecular weight is 228 g/mol. The minimum atomic E-state index is -3.74. The largest absolute Gasteiger partial charge is 0.317 e. The Morgan fingerprint density at radius 2 is 2.14 bits per heavy atom. The van der Waals surface area contributed by atoms with Crippen LogP contribution in [0.2, 0.25) is 0 Å². The second-order valence-electron chi connectivity index (χ2n) is 3.39. The Labute approximate surface area is 79.7 Å². The molecule has 0 aromatic carbocycles. The van der Waals surface area contributed by atoms with Crippen LogP contribution in [0.25, 0.3) is 0 Å². The van der Waals surface area contributed by atoms with Crippen LogP contribution in [0.4, 0.5) is 8.78 Å². The zero-order chi connectivity index (χ0) is 11.1. The number of hydrogen-bond donors (Lipinski definition) is 2. The summed E-state index contributed by atoms with van der Waals surface area (Å²) in [6.07, 6.45) is -2.13. The first-order chi connectivity index (χ1) is 6.17. The molecule has 1 fully saturated rings. The fourth-order valence-electron chi connectivity index (χ4n) is 1.14. The molecule has 0 aromatic rings. The summed E-state index contributed by atoms with van der Waals surface area (Å²) in [7, 11) is -3.74. The van der Waals surface area contributed by atoms with E-state index in [1.54, 1.807) is 4.72 Å². The number of nitrogens with two attached hydrogens (primary N) is 1. The lowest BCUT2D eigenvalue weighted by atomic mass is 10.2. The highest BCUT2D eigenvalue weighted by Gasteiger charge is 2.62. The Bertz CT molecular complexity index is 356. The molecule has 1 rings (SSSR count). The van der Waals surface area contributed by atoms with Crippen LogP contribution in [-0.2, 0) is 14.8 Å². The molecule has 3 N–H and O–H groups in total. The minimum absolute atomic E-state index is 0.188. The molecule has 8 heteroatoms. The molecule has 0 spiro atoms. The topological polar surface area (TPSA) is 89.3 Å². The van der Waals surface area contributed by atoms with Crippen LogP contribution >= 0.6 is 0 Å². The lowest BCUT2D eigenvalue weighted by Gasteiger charge is -2.10. The number of carbonyl (C=O) groups is 1. The monoisotopic (exact) mass is 228 g/mol. The predicted octanol–water partition coefficient (Wildman–Crippen LogP) is -0.955. The van der Waals surface area contributed by atoms with Gasteiger partial charge in [0, 0.05) is 5.92 Å². The third kappa shape index (κ3) is 2.18. The molecule has 0 saturated heterocycles. The molecule has 1 unspecified atom stereocenters. The molecule has 2 atom stereocenters. The van der Waals surface area contributed by atoms with E-state index >= 15 is 0 Å². The van der Waals surface area contributed by atoms with E-state index in [4.69, 9.17) is 5.73 Å². The number of halogens is 2. The van der Waals surface area contributed by atoms with Crippen LogP contribution in [0.5, 0.6) is 0 Å². The maximum absolute atomic E-state index is 12.1. The lowest BCUT2D eigenvalue weighted by Crippen LogP contribution is -2.47. The zero-order valence-electron chi connectivity index (χ0n) is 7.33. The van der Waals surface area contributed by atoms with Crippen molar-refractivity contribution in [2.75, 3.05) is 6.26 Å². The Balaban J connectivity index is 2.65. The Morgan fingerprint density at radius 3 is 2.43 bits per heavy atom. The van der Waals surface area contributed by atoms with Crippen molar-refractivity contribution in [1.82, 2.24) is 4.72 Å². The molecule has 0 heterocycles. The summed E-state index contributed by atoms with van der Waals surface area (Å²) in [6.45, 7) is 0. The van der Waals surface area contributed by atoms with E-state index in [0.29, 0.717) is 0 Å². The number of rotatable bonds is 3. The quantitative estimate of drug-likeness (QED) is 0.651. The van der Waals surface area contributed by atoms with Crippen LogP contribution in [0.15, 0.2) is 0 Å². The van der Waals surface area contributed by atoms with Gasteiger partial charge in [0.1, 0.15) is 5.54 Å². The number of amides is 1. The molecule has 0 aromatic heterocycles. The maximum atomic E-state index is 12.1. The van der Waals surface area contributed by atoms with Gasteiger partial charge in [0.05, 0.1) is 6.26 Å². The Morgan fingerprint density at radius 1 is 1.64 bits per heavy atom. The SMILES string of the molecule is CS(=O)(=O)NC(=O)[C@@]1(N)CC1C(F)F. The highest BCUT2D eigenvalue weighted by molar-refractivity contribution is 7.89. The Hall–Kier alpha value is -0.760. The molecule has 5 nitrogen and oxygen atoms in total. The van der Waals surface area contributed by atoms with E-state index < -0.39 is 33.8 Å². The van der Waals surface area contributed by atoms with Gasteiger partial charge in [-0.15, -0.1) is 0 Å². The van der Waals surface area contributed by atoms with Crippen molar-refractivity contribution >= 4 is 15.9 Å². The summed E-state index contributed by atoms with van der Waals surface area (Å²) in [4.78, 5) is 11.1. The van der Waals surface area contributed by atoms with Gasteiger partial charge in [-0.1, -0.05) is 0 Å². The molecule has 0 radical (unpaired) electrons. The second kappa shape index (κ2) is 3.13. The van der Waals surface area contributed by atoms with Crippen LogP contribution in [-0.4, -0.2) is 32.5 Å². The van der Waals surface area contributed by atoms with Crippen molar-refractivity contribution in [3.63, 3.8) is 0 Å². The molecule has 82 valence electrons. The second-order valence-corrected chi connectivity index (χ2v) is 5.14. The molecule has 1 saturated carbocycles. The predicted molar refractivity (Wildman–Crippen MR) is 44.0 cm³/mol. The summed E-state index contributed by atoms with van der Waals surface area (Å²) in [5.74, 6) is -2.31. The summed E-state index contributed by atoms with van der Waals surface area (Å²) < 4.78 is 47.0. The highest BCUT2D eigenvalue weighted by Crippen LogP contribution is 2.45. The first-order valence-corrected chi connectivity index (χ1v) is 5.65. The van der Waals surface area contributed by atoms with Crippen molar-refractivity contribution in [3.05, 3.63) is 0 Å². The number of alkyl halides is 2. The van der Waals surface area contributed by atoms with E-state index in [0.717, 1.165) is 6.26 Å². The fourth-order valence-corrected chi connectivity index (χ4v) is 1.67. The molecular weight excluding hydrogens is 218 g/mol. The standard InChI is InChI=1S/C6H10F2N2O3S/c1-14(12,13)10-5(11)6(9)2-3(6)4(7)8/h3-4H,2,9H2,1H3,(H,10,11)/t3?,6-/m1/s1. The molecule has 1 aliphatic carbocycles. The summed E-state index contributed by atoms with van der Waals surface area (Å²) >= 11 is 0. The van der Waals surface area contributed by atoms with Gasteiger partial charge < -0.3 is 5.73 Å². The highest BCUT2D eigenvalue weighted by atomic mass is 32.2. The van der Waals surface area contributed by atoms with Gasteiger partial charge in [-0.25, -0.2) is 17.2 Å². The third-order valence-corrected chi connectivity index (χ3v) is 2.62.